The molecule has 1 fully saturated rings. The van der Waals surface area contributed by atoms with Crippen molar-refractivity contribution in [1.29, 1.82) is 0 Å². The van der Waals surface area contributed by atoms with Crippen LogP contribution in [0.25, 0.3) is 0 Å². The highest BCUT2D eigenvalue weighted by Crippen LogP contribution is 2.24. The van der Waals surface area contributed by atoms with Gasteiger partial charge in [-0.2, -0.15) is 5.10 Å². The molecular formula is C12H18ClN3O4. The van der Waals surface area contributed by atoms with Gasteiger partial charge in [-0.1, -0.05) is 11.6 Å². The van der Waals surface area contributed by atoms with Crippen molar-refractivity contribution in [1.82, 2.24) is 9.78 Å². The molecule has 0 amide bonds. The van der Waals surface area contributed by atoms with E-state index in [1.807, 2.05) is 0 Å². The molecule has 7 nitrogen and oxygen atoms in total. The van der Waals surface area contributed by atoms with Crippen LogP contribution in [0.2, 0.25) is 5.02 Å². The van der Waals surface area contributed by atoms with Gasteiger partial charge in [0, 0.05) is 26.7 Å². The Bertz CT molecular complexity index is 514. The van der Waals surface area contributed by atoms with Gasteiger partial charge in [0.2, 0.25) is 0 Å². The quantitative estimate of drug-likeness (QED) is 0.775. The number of aliphatic hydroxyl groups is 1. The van der Waals surface area contributed by atoms with Gasteiger partial charge in [0.25, 0.3) is 5.56 Å². The normalized spacial score (nSPS) is 22.1. The second-order valence-corrected chi connectivity index (χ2v) is 5.05. The molecule has 2 N–H and O–H groups in total. The Kier molecular flexibility index (Phi) is 4.98. The number of methoxy groups -OCH3 is 1. The van der Waals surface area contributed by atoms with Crippen LogP contribution >= 0.6 is 11.6 Å². The number of rotatable bonds is 6. The van der Waals surface area contributed by atoms with E-state index >= 15 is 0 Å². The number of aliphatic hydroxyl groups excluding tert-OH is 1. The van der Waals surface area contributed by atoms with E-state index in [2.05, 4.69) is 10.4 Å². The van der Waals surface area contributed by atoms with Crippen LogP contribution in [0.1, 0.15) is 6.42 Å². The number of nitrogens with one attached hydrogen (secondary N) is 1. The van der Waals surface area contributed by atoms with Crippen molar-refractivity contribution in [2.24, 2.45) is 0 Å². The Balaban J connectivity index is 2.10. The molecule has 0 bridgehead atoms. The number of nitrogens with zero attached hydrogens (tertiary/aromatic N) is 2. The Labute approximate surface area is 121 Å². The highest BCUT2D eigenvalue weighted by Gasteiger charge is 2.34. The standard InChI is InChI=1S/C12H18ClN3O4/c1-19-12(2-5-20-8-12)7-14-9-6-15-16(3-4-17)11(18)10(9)13/h6,14,17H,2-5,7-8H2,1H3. The number of hydrogen-bond acceptors (Lipinski definition) is 6. The molecule has 1 aliphatic rings. The van der Waals surface area contributed by atoms with Crippen LogP contribution in [0.3, 0.4) is 0 Å². The van der Waals surface area contributed by atoms with Gasteiger partial charge in [-0.15, -0.1) is 0 Å². The van der Waals surface area contributed by atoms with Gasteiger partial charge in [0.1, 0.15) is 10.6 Å². The van der Waals surface area contributed by atoms with Crippen molar-refractivity contribution in [2.45, 2.75) is 18.6 Å². The molecule has 0 aromatic carbocycles. The van der Waals surface area contributed by atoms with E-state index in [0.717, 1.165) is 11.1 Å². The summed E-state index contributed by atoms with van der Waals surface area (Å²) in [7, 11) is 1.63. The Hall–Kier alpha value is -1.15. The van der Waals surface area contributed by atoms with Crippen molar-refractivity contribution in [3.05, 3.63) is 21.6 Å². The number of ether oxygens (including phenoxy) is 2. The minimum Gasteiger partial charge on any atom is -0.394 e. The Morgan fingerprint density at radius 1 is 1.70 bits per heavy atom. The van der Waals surface area contributed by atoms with Crippen molar-refractivity contribution in [3.63, 3.8) is 0 Å². The van der Waals surface area contributed by atoms with Crippen LogP contribution in [0.15, 0.2) is 11.0 Å². The molecule has 1 atom stereocenters. The van der Waals surface area contributed by atoms with Crippen LogP contribution in [0, 0.1) is 0 Å². The molecule has 1 saturated heterocycles. The third-order valence-corrected chi connectivity index (χ3v) is 3.76. The molecule has 112 valence electrons. The van der Waals surface area contributed by atoms with E-state index in [4.69, 9.17) is 26.2 Å². The fourth-order valence-electron chi connectivity index (χ4n) is 2.06. The minimum atomic E-state index is -0.431. The van der Waals surface area contributed by atoms with Crippen LogP contribution in [-0.2, 0) is 16.0 Å². The molecule has 1 unspecified atom stereocenters. The summed E-state index contributed by atoms with van der Waals surface area (Å²) in [6.45, 7) is 1.59. The average molecular weight is 304 g/mol. The van der Waals surface area contributed by atoms with Crippen LogP contribution in [-0.4, -0.2) is 54.0 Å². The van der Waals surface area contributed by atoms with Crippen molar-refractivity contribution in [2.75, 3.05) is 38.8 Å². The molecule has 20 heavy (non-hydrogen) atoms. The number of halogens is 1. The third kappa shape index (κ3) is 3.12. The lowest BCUT2D eigenvalue weighted by molar-refractivity contribution is -0.00620. The zero-order chi connectivity index (χ0) is 14.6. The summed E-state index contributed by atoms with van der Waals surface area (Å²) in [5.41, 5.74) is -0.377. The van der Waals surface area contributed by atoms with E-state index in [9.17, 15) is 4.79 Å². The monoisotopic (exact) mass is 303 g/mol. The van der Waals surface area contributed by atoms with E-state index in [0.29, 0.717) is 25.4 Å². The van der Waals surface area contributed by atoms with Gasteiger partial charge in [-0.3, -0.25) is 4.79 Å². The summed E-state index contributed by atoms with van der Waals surface area (Å²) in [4.78, 5) is 11.9. The van der Waals surface area contributed by atoms with Gasteiger partial charge < -0.3 is 19.9 Å². The predicted molar refractivity (Wildman–Crippen MR) is 74.3 cm³/mol. The first-order valence-corrected chi connectivity index (χ1v) is 6.73. The maximum atomic E-state index is 11.9. The Morgan fingerprint density at radius 2 is 2.50 bits per heavy atom. The van der Waals surface area contributed by atoms with Gasteiger partial charge in [0.15, 0.2) is 0 Å². The van der Waals surface area contributed by atoms with E-state index in [-0.39, 0.29) is 18.2 Å². The first-order chi connectivity index (χ1) is 9.62. The minimum absolute atomic E-state index is 0.0543. The molecule has 2 rings (SSSR count). The van der Waals surface area contributed by atoms with Crippen molar-refractivity contribution in [3.8, 4) is 0 Å². The maximum absolute atomic E-state index is 11.9. The molecular weight excluding hydrogens is 286 g/mol. The van der Waals surface area contributed by atoms with Crippen molar-refractivity contribution < 1.29 is 14.6 Å². The zero-order valence-electron chi connectivity index (χ0n) is 11.3. The first-order valence-electron chi connectivity index (χ1n) is 6.35. The summed E-state index contributed by atoms with van der Waals surface area (Å²) in [6.07, 6.45) is 2.25. The largest absolute Gasteiger partial charge is 0.394 e. The smallest absolute Gasteiger partial charge is 0.287 e. The van der Waals surface area contributed by atoms with Gasteiger partial charge in [-0.25, -0.2) is 4.68 Å². The molecule has 0 radical (unpaired) electrons. The summed E-state index contributed by atoms with van der Waals surface area (Å²) < 4.78 is 11.9. The molecule has 0 aliphatic carbocycles. The Morgan fingerprint density at radius 3 is 3.10 bits per heavy atom. The number of anilines is 1. The second kappa shape index (κ2) is 6.53. The topological polar surface area (TPSA) is 85.6 Å². The molecule has 8 heteroatoms. The lowest BCUT2D eigenvalue weighted by atomic mass is 10.0. The van der Waals surface area contributed by atoms with E-state index in [1.165, 1.54) is 6.20 Å². The highest BCUT2D eigenvalue weighted by molar-refractivity contribution is 6.32. The second-order valence-electron chi connectivity index (χ2n) is 4.67. The van der Waals surface area contributed by atoms with E-state index in [1.54, 1.807) is 7.11 Å². The summed E-state index contributed by atoms with van der Waals surface area (Å²) in [5, 5.41) is 15.9. The molecule has 1 aliphatic heterocycles. The van der Waals surface area contributed by atoms with Crippen LogP contribution in [0.4, 0.5) is 5.69 Å². The molecule has 2 heterocycles. The molecule has 1 aromatic rings. The SMILES string of the molecule is COC1(CNc2cnn(CCO)c(=O)c2Cl)CCOC1. The average Bonchev–Trinajstić information content (AvgIpc) is 2.93. The van der Waals surface area contributed by atoms with Crippen LogP contribution < -0.4 is 10.9 Å². The highest BCUT2D eigenvalue weighted by atomic mass is 35.5. The lowest BCUT2D eigenvalue weighted by Gasteiger charge is -2.26. The fraction of sp³-hybridized carbons (Fsp3) is 0.667. The lowest BCUT2D eigenvalue weighted by Crippen LogP contribution is -2.40. The number of aromatic nitrogens is 2. The first kappa shape index (κ1) is 15.2. The van der Waals surface area contributed by atoms with Gasteiger partial charge in [0.05, 0.1) is 31.6 Å². The maximum Gasteiger partial charge on any atom is 0.287 e. The van der Waals surface area contributed by atoms with Gasteiger partial charge >= 0.3 is 0 Å². The fourth-order valence-corrected chi connectivity index (χ4v) is 2.27. The number of hydrogen-bond donors (Lipinski definition) is 2. The zero-order valence-corrected chi connectivity index (χ0v) is 12.0. The third-order valence-electron chi connectivity index (χ3n) is 3.40. The summed E-state index contributed by atoms with van der Waals surface area (Å²) in [5.74, 6) is 0. The van der Waals surface area contributed by atoms with Crippen LogP contribution in [0.5, 0.6) is 0 Å². The van der Waals surface area contributed by atoms with Crippen molar-refractivity contribution >= 4 is 17.3 Å². The summed E-state index contributed by atoms with van der Waals surface area (Å²) in [6, 6.07) is 0. The van der Waals surface area contributed by atoms with E-state index < -0.39 is 11.2 Å². The molecule has 0 saturated carbocycles. The van der Waals surface area contributed by atoms with Gasteiger partial charge in [-0.05, 0) is 0 Å². The molecule has 1 aromatic heterocycles. The molecule has 0 spiro atoms. The summed E-state index contributed by atoms with van der Waals surface area (Å²) >= 11 is 6.02. The predicted octanol–water partition coefficient (Wildman–Crippen LogP) is 0.106.